The van der Waals surface area contributed by atoms with E-state index in [9.17, 15) is 24.9 Å². The minimum absolute atomic E-state index is 0.0288. The van der Waals surface area contributed by atoms with Crippen LogP contribution in [0.5, 0.6) is 23.0 Å². The third-order valence-electron chi connectivity index (χ3n) is 4.68. The van der Waals surface area contributed by atoms with Crippen molar-refractivity contribution in [1.82, 2.24) is 0 Å². The normalized spacial score (nSPS) is 16.8. The van der Waals surface area contributed by atoms with E-state index < -0.39 is 24.0 Å². The Kier molecular flexibility index (Phi) is 6.84. The molecule has 0 aromatic heterocycles. The number of phenolic OH excluding ortho intramolecular Hbond substituents is 3. The first kappa shape index (κ1) is 22.5. The molecule has 0 fully saturated rings. The van der Waals surface area contributed by atoms with Gasteiger partial charge in [0, 0.05) is 11.6 Å². The van der Waals surface area contributed by atoms with E-state index in [0.717, 1.165) is 0 Å². The highest BCUT2D eigenvalue weighted by Gasteiger charge is 2.43. The average molecular weight is 438 g/mol. The molecule has 0 bridgehead atoms. The van der Waals surface area contributed by atoms with Crippen LogP contribution in [0.25, 0.3) is 6.08 Å². The number of hydrogen-bond donors (Lipinski definition) is 3. The fourth-order valence-corrected chi connectivity index (χ4v) is 3.28. The van der Waals surface area contributed by atoms with E-state index >= 15 is 0 Å². The van der Waals surface area contributed by atoms with Crippen LogP contribution in [0.1, 0.15) is 28.7 Å². The van der Waals surface area contributed by atoms with Crippen LogP contribution in [-0.4, -0.2) is 40.5 Å². The van der Waals surface area contributed by atoms with Crippen molar-refractivity contribution >= 4 is 18.0 Å². The Hall–Kier alpha value is -4.20. The van der Waals surface area contributed by atoms with Gasteiger partial charge in [0.25, 0.3) is 0 Å². The molecule has 0 aliphatic carbocycles. The van der Waals surface area contributed by atoms with E-state index in [4.69, 9.17) is 14.2 Å². The lowest BCUT2D eigenvalue weighted by atomic mass is 9.90. The maximum absolute atomic E-state index is 12.9. The third-order valence-corrected chi connectivity index (χ3v) is 4.68. The Bertz CT molecular complexity index is 1090. The van der Waals surface area contributed by atoms with Gasteiger partial charge in [0.05, 0.1) is 0 Å². The zero-order chi connectivity index (χ0) is 23.3. The summed E-state index contributed by atoms with van der Waals surface area (Å²) in [5, 5.41) is 30.0. The highest BCUT2D eigenvalue weighted by molar-refractivity contribution is 5.88. The highest BCUT2D eigenvalue weighted by Crippen LogP contribution is 2.51. The van der Waals surface area contributed by atoms with Crippen molar-refractivity contribution in [3.63, 3.8) is 0 Å². The fraction of sp³-hybridized carbons (Fsp3) is 0.167. The molecular weight excluding hydrogens is 416 g/mol. The van der Waals surface area contributed by atoms with Gasteiger partial charge in [-0.05, 0) is 41.5 Å². The van der Waals surface area contributed by atoms with Crippen LogP contribution in [0.3, 0.4) is 0 Å². The number of hydrogen-bond acceptors (Lipinski definition) is 8. The average Bonchev–Trinajstić information content (AvgIpc) is 3.16. The van der Waals surface area contributed by atoms with E-state index in [0.29, 0.717) is 16.7 Å². The number of esters is 2. The Morgan fingerprint density at radius 2 is 1.69 bits per heavy atom. The largest absolute Gasteiger partial charge is 0.504 e. The van der Waals surface area contributed by atoms with Crippen LogP contribution < -0.4 is 4.74 Å². The molecule has 166 valence electrons. The van der Waals surface area contributed by atoms with Gasteiger partial charge in [-0.15, -0.1) is 0 Å². The van der Waals surface area contributed by atoms with Crippen molar-refractivity contribution in [2.75, 3.05) is 13.2 Å². The van der Waals surface area contributed by atoms with Gasteiger partial charge in [-0.25, -0.2) is 4.79 Å². The Labute approximate surface area is 184 Å². The summed E-state index contributed by atoms with van der Waals surface area (Å²) < 4.78 is 16.0. The zero-order valence-corrected chi connectivity index (χ0v) is 17.1. The molecule has 8 nitrogen and oxygen atoms in total. The molecule has 8 heteroatoms. The number of fused-ring (bicyclic) bond motifs is 1. The summed E-state index contributed by atoms with van der Waals surface area (Å²) in [5.74, 6) is -3.09. The minimum Gasteiger partial charge on any atom is -0.504 e. The Balaban J connectivity index is 2.00. The zero-order valence-electron chi connectivity index (χ0n) is 17.1. The second kappa shape index (κ2) is 9.74. The van der Waals surface area contributed by atoms with Crippen LogP contribution >= 0.6 is 0 Å². The monoisotopic (exact) mass is 438 g/mol. The van der Waals surface area contributed by atoms with E-state index in [1.165, 1.54) is 48.6 Å². The van der Waals surface area contributed by atoms with Crippen molar-refractivity contribution in [2.45, 2.75) is 12.0 Å². The van der Waals surface area contributed by atoms with Gasteiger partial charge in [0.1, 0.15) is 25.2 Å². The summed E-state index contributed by atoms with van der Waals surface area (Å²) in [6, 6.07) is 7.00. The standard InChI is InChI=1S/C24H22O8/c1-3-9-30-20(28)8-5-14-11-16-21(24(29)31-10-4-2)22(32-23(16)19(27)12-14)15-6-7-17(25)18(26)13-15/h3-8,11-13,21-22,25-27H,1-2,9-10H2/b8-5+/t21-,22+/m0/s1. The fourth-order valence-electron chi connectivity index (χ4n) is 3.28. The van der Waals surface area contributed by atoms with E-state index in [1.54, 1.807) is 6.07 Å². The van der Waals surface area contributed by atoms with Crippen molar-refractivity contribution < 1.29 is 39.1 Å². The van der Waals surface area contributed by atoms with Gasteiger partial charge in [-0.1, -0.05) is 31.4 Å². The summed E-state index contributed by atoms with van der Waals surface area (Å²) in [6.45, 7) is 7.02. The van der Waals surface area contributed by atoms with Gasteiger partial charge in [-0.2, -0.15) is 0 Å². The number of benzene rings is 2. The molecule has 1 heterocycles. The molecule has 3 rings (SSSR count). The molecule has 32 heavy (non-hydrogen) atoms. The lowest BCUT2D eigenvalue weighted by molar-refractivity contribution is -0.146. The first-order valence-electron chi connectivity index (χ1n) is 9.64. The van der Waals surface area contributed by atoms with Crippen LogP contribution in [0.2, 0.25) is 0 Å². The van der Waals surface area contributed by atoms with Crippen LogP contribution in [0.15, 0.2) is 61.7 Å². The quantitative estimate of drug-likeness (QED) is 0.248. The van der Waals surface area contributed by atoms with Gasteiger partial charge in [0.15, 0.2) is 23.0 Å². The summed E-state index contributed by atoms with van der Waals surface area (Å²) >= 11 is 0. The number of ether oxygens (including phenoxy) is 3. The van der Waals surface area contributed by atoms with Crippen molar-refractivity contribution in [1.29, 1.82) is 0 Å². The molecule has 3 N–H and O–H groups in total. The number of phenols is 3. The van der Waals surface area contributed by atoms with Crippen molar-refractivity contribution in [2.24, 2.45) is 0 Å². The smallest absolute Gasteiger partial charge is 0.331 e. The van der Waals surface area contributed by atoms with Crippen LogP contribution in [0, 0.1) is 0 Å². The van der Waals surface area contributed by atoms with E-state index in [1.807, 2.05) is 0 Å². The third kappa shape index (κ3) is 4.75. The second-order valence-corrected chi connectivity index (χ2v) is 6.89. The van der Waals surface area contributed by atoms with Gasteiger partial charge >= 0.3 is 11.9 Å². The summed E-state index contributed by atoms with van der Waals surface area (Å²) in [4.78, 5) is 24.6. The molecule has 0 spiro atoms. The van der Waals surface area contributed by atoms with Crippen LogP contribution in [-0.2, 0) is 19.1 Å². The van der Waals surface area contributed by atoms with Gasteiger partial charge < -0.3 is 29.5 Å². The number of carbonyl (C=O) groups is 2. The van der Waals surface area contributed by atoms with Gasteiger partial charge in [0.2, 0.25) is 0 Å². The van der Waals surface area contributed by atoms with E-state index in [2.05, 4.69) is 13.2 Å². The Morgan fingerprint density at radius 1 is 0.969 bits per heavy atom. The molecular formula is C24H22O8. The SMILES string of the molecule is C=CCOC(=O)/C=C/c1cc(O)c2c(c1)[C@H](C(=O)OCC=C)[C@@H](c1ccc(O)c(O)c1)O2. The molecule has 1 aliphatic heterocycles. The number of rotatable bonds is 8. The summed E-state index contributed by atoms with van der Waals surface area (Å²) in [6.07, 6.45) is 4.53. The molecule has 0 saturated heterocycles. The molecule has 2 aromatic carbocycles. The maximum atomic E-state index is 12.9. The first-order chi connectivity index (χ1) is 15.3. The molecule has 2 aromatic rings. The second-order valence-electron chi connectivity index (χ2n) is 6.89. The van der Waals surface area contributed by atoms with Crippen LogP contribution in [0.4, 0.5) is 0 Å². The minimum atomic E-state index is -0.985. The van der Waals surface area contributed by atoms with E-state index in [-0.39, 0.29) is 36.2 Å². The molecule has 0 radical (unpaired) electrons. The molecule has 0 unspecified atom stereocenters. The number of carbonyl (C=O) groups excluding carboxylic acids is 2. The first-order valence-corrected chi connectivity index (χ1v) is 9.64. The predicted octanol–water partition coefficient (Wildman–Crippen LogP) is 3.49. The lowest BCUT2D eigenvalue weighted by Gasteiger charge is -2.18. The molecule has 0 saturated carbocycles. The van der Waals surface area contributed by atoms with Gasteiger partial charge in [-0.3, -0.25) is 4.79 Å². The Morgan fingerprint density at radius 3 is 2.38 bits per heavy atom. The van der Waals surface area contributed by atoms with Crippen molar-refractivity contribution in [3.05, 3.63) is 78.4 Å². The van der Waals surface area contributed by atoms with Crippen molar-refractivity contribution in [3.8, 4) is 23.0 Å². The maximum Gasteiger partial charge on any atom is 0.331 e. The molecule has 1 aliphatic rings. The lowest BCUT2D eigenvalue weighted by Crippen LogP contribution is -2.21. The topological polar surface area (TPSA) is 123 Å². The molecule has 2 atom stereocenters. The summed E-state index contributed by atoms with van der Waals surface area (Å²) in [5.41, 5.74) is 1.16. The highest BCUT2D eigenvalue weighted by atomic mass is 16.5. The predicted molar refractivity (Wildman–Crippen MR) is 115 cm³/mol. The molecule has 0 amide bonds. The summed E-state index contributed by atoms with van der Waals surface area (Å²) in [7, 11) is 0. The number of aromatic hydroxyl groups is 3.